The third-order valence-corrected chi connectivity index (χ3v) is 8.13. The van der Waals surface area contributed by atoms with E-state index in [-0.39, 0.29) is 10.7 Å². The molecule has 1 aliphatic carbocycles. The standard InChI is InChI=1S/C26H32ClN7O2S/c1-4-24-22(23(27)14-25(32-24)33-37(35,36)21-6-5-13-28-17-21)12-7-18-15-29-26(30-16-18)31-19-8-10-20(11-9-19)34(2)3/h5-7,12-17,19-20H,4,8-11H2,1-3H3,(H,32,33)(H,29,30,31)/b12-7+. The molecule has 0 aromatic carbocycles. The minimum Gasteiger partial charge on any atom is -0.351 e. The van der Waals surface area contributed by atoms with Crippen molar-refractivity contribution >= 4 is 45.5 Å². The number of aryl methyl sites for hydroxylation is 1. The number of aromatic nitrogens is 4. The van der Waals surface area contributed by atoms with Crippen molar-refractivity contribution in [2.75, 3.05) is 24.1 Å². The first-order chi connectivity index (χ1) is 17.7. The summed E-state index contributed by atoms with van der Waals surface area (Å²) in [6, 6.07) is 5.57. The first-order valence-corrected chi connectivity index (χ1v) is 14.2. The molecule has 9 nitrogen and oxygen atoms in total. The monoisotopic (exact) mass is 541 g/mol. The van der Waals surface area contributed by atoms with E-state index in [0.29, 0.717) is 40.7 Å². The Bertz CT molecular complexity index is 1330. The molecular formula is C26H32ClN7O2S. The largest absolute Gasteiger partial charge is 0.351 e. The zero-order valence-corrected chi connectivity index (χ0v) is 22.8. The van der Waals surface area contributed by atoms with Crippen LogP contribution in [0.15, 0.2) is 47.9 Å². The van der Waals surface area contributed by atoms with Crippen LogP contribution in [0.4, 0.5) is 11.8 Å². The summed E-state index contributed by atoms with van der Waals surface area (Å²) in [5, 5.41) is 3.84. The molecule has 0 atom stereocenters. The molecule has 3 aromatic heterocycles. The molecular weight excluding hydrogens is 510 g/mol. The van der Waals surface area contributed by atoms with Gasteiger partial charge in [0.1, 0.15) is 10.7 Å². The fourth-order valence-electron chi connectivity index (χ4n) is 4.37. The zero-order valence-electron chi connectivity index (χ0n) is 21.2. The number of pyridine rings is 2. The molecule has 1 aliphatic rings. The van der Waals surface area contributed by atoms with E-state index in [0.717, 1.165) is 18.4 Å². The van der Waals surface area contributed by atoms with E-state index in [1.165, 1.54) is 37.4 Å². The average Bonchev–Trinajstić information content (AvgIpc) is 2.89. The van der Waals surface area contributed by atoms with Crippen LogP contribution < -0.4 is 10.0 Å². The highest BCUT2D eigenvalue weighted by Gasteiger charge is 2.22. The quantitative estimate of drug-likeness (QED) is 0.399. The Kier molecular flexibility index (Phi) is 8.73. The first kappa shape index (κ1) is 27.0. The molecule has 1 fully saturated rings. The predicted octanol–water partition coefficient (Wildman–Crippen LogP) is 4.74. The molecule has 37 heavy (non-hydrogen) atoms. The molecule has 4 rings (SSSR count). The normalized spacial score (nSPS) is 18.3. The third-order valence-electron chi connectivity index (χ3n) is 6.48. The summed E-state index contributed by atoms with van der Waals surface area (Å²) in [6.07, 6.45) is 15.2. The van der Waals surface area contributed by atoms with Crippen molar-refractivity contribution in [3.05, 3.63) is 64.8 Å². The maximum Gasteiger partial charge on any atom is 0.264 e. The molecule has 2 N–H and O–H groups in total. The van der Waals surface area contributed by atoms with Crippen molar-refractivity contribution in [2.24, 2.45) is 0 Å². The second kappa shape index (κ2) is 12.0. The van der Waals surface area contributed by atoms with Gasteiger partial charge in [-0.15, -0.1) is 0 Å². The van der Waals surface area contributed by atoms with Crippen LogP contribution in [-0.4, -0.2) is 59.4 Å². The summed E-state index contributed by atoms with van der Waals surface area (Å²) in [6.45, 7) is 1.94. The lowest BCUT2D eigenvalue weighted by molar-refractivity contribution is 0.221. The number of hydrogen-bond acceptors (Lipinski definition) is 8. The molecule has 0 amide bonds. The molecule has 196 valence electrons. The minimum absolute atomic E-state index is 0.0501. The summed E-state index contributed by atoms with van der Waals surface area (Å²) in [4.78, 5) is 19.6. The zero-order chi connectivity index (χ0) is 26.4. The van der Waals surface area contributed by atoms with Crippen LogP contribution in [0, 0.1) is 0 Å². The molecule has 0 aliphatic heterocycles. The van der Waals surface area contributed by atoms with Crippen molar-refractivity contribution in [3.63, 3.8) is 0 Å². The van der Waals surface area contributed by atoms with E-state index in [1.807, 2.05) is 19.1 Å². The van der Waals surface area contributed by atoms with Gasteiger partial charge in [-0.3, -0.25) is 9.71 Å². The van der Waals surface area contributed by atoms with Crippen LogP contribution in [0.1, 0.15) is 49.4 Å². The smallest absolute Gasteiger partial charge is 0.264 e. The van der Waals surface area contributed by atoms with Gasteiger partial charge >= 0.3 is 0 Å². The van der Waals surface area contributed by atoms with Crippen LogP contribution in [0.5, 0.6) is 0 Å². The summed E-state index contributed by atoms with van der Waals surface area (Å²) in [7, 11) is 0.457. The highest BCUT2D eigenvalue weighted by molar-refractivity contribution is 7.92. The molecule has 3 aromatic rings. The van der Waals surface area contributed by atoms with Gasteiger partial charge in [0, 0.05) is 54.1 Å². The van der Waals surface area contributed by atoms with Crippen LogP contribution >= 0.6 is 11.6 Å². The van der Waals surface area contributed by atoms with E-state index in [9.17, 15) is 8.42 Å². The second-order valence-electron chi connectivity index (χ2n) is 9.28. The molecule has 0 unspecified atom stereocenters. The maximum absolute atomic E-state index is 12.6. The van der Waals surface area contributed by atoms with Gasteiger partial charge in [0.25, 0.3) is 10.0 Å². The Balaban J connectivity index is 1.42. The molecule has 11 heteroatoms. The molecule has 0 bridgehead atoms. The van der Waals surface area contributed by atoms with E-state index < -0.39 is 10.0 Å². The van der Waals surface area contributed by atoms with Gasteiger partial charge in [-0.2, -0.15) is 0 Å². The van der Waals surface area contributed by atoms with Gasteiger partial charge in [-0.1, -0.05) is 30.7 Å². The molecule has 3 heterocycles. The van der Waals surface area contributed by atoms with Crippen molar-refractivity contribution in [1.82, 2.24) is 24.8 Å². The Labute approximate surface area is 223 Å². The number of anilines is 2. The molecule has 0 spiro atoms. The van der Waals surface area contributed by atoms with E-state index in [4.69, 9.17) is 11.6 Å². The summed E-state index contributed by atoms with van der Waals surface area (Å²) < 4.78 is 27.7. The van der Waals surface area contributed by atoms with Gasteiger partial charge < -0.3 is 10.2 Å². The maximum atomic E-state index is 12.6. The Morgan fingerprint density at radius 2 is 1.84 bits per heavy atom. The van der Waals surface area contributed by atoms with Crippen LogP contribution in [0.3, 0.4) is 0 Å². The van der Waals surface area contributed by atoms with Crippen molar-refractivity contribution < 1.29 is 8.42 Å². The lowest BCUT2D eigenvalue weighted by Crippen LogP contribution is -2.36. The van der Waals surface area contributed by atoms with Crippen LogP contribution in [0.2, 0.25) is 5.02 Å². The lowest BCUT2D eigenvalue weighted by atomic mass is 9.91. The third kappa shape index (κ3) is 7.03. The summed E-state index contributed by atoms with van der Waals surface area (Å²) >= 11 is 6.54. The number of nitrogens with one attached hydrogen (secondary N) is 2. The number of sulfonamides is 1. The Morgan fingerprint density at radius 3 is 2.46 bits per heavy atom. The van der Waals surface area contributed by atoms with Crippen LogP contribution in [0.25, 0.3) is 12.2 Å². The Morgan fingerprint density at radius 1 is 1.11 bits per heavy atom. The molecule has 1 saturated carbocycles. The molecule has 0 radical (unpaired) electrons. The summed E-state index contributed by atoms with van der Waals surface area (Å²) in [5.74, 6) is 0.783. The van der Waals surface area contributed by atoms with Gasteiger partial charge in [-0.05, 0) is 58.3 Å². The number of hydrogen-bond donors (Lipinski definition) is 2. The van der Waals surface area contributed by atoms with Gasteiger partial charge in [0.2, 0.25) is 5.95 Å². The number of rotatable bonds is 9. The van der Waals surface area contributed by atoms with E-state index >= 15 is 0 Å². The number of halogens is 1. The highest BCUT2D eigenvalue weighted by atomic mass is 35.5. The van der Waals surface area contributed by atoms with Gasteiger partial charge in [-0.25, -0.2) is 23.4 Å². The molecule has 0 saturated heterocycles. The summed E-state index contributed by atoms with van der Waals surface area (Å²) in [5.41, 5.74) is 2.20. The SMILES string of the molecule is CCc1nc(NS(=O)(=O)c2cccnc2)cc(Cl)c1/C=C/c1cnc(NC2CCC(N(C)C)CC2)nc1. The number of nitrogens with zero attached hydrogens (tertiary/aromatic N) is 5. The fourth-order valence-corrected chi connectivity index (χ4v) is 5.60. The van der Waals surface area contributed by atoms with Crippen molar-refractivity contribution in [1.29, 1.82) is 0 Å². The van der Waals surface area contributed by atoms with Crippen LogP contribution in [-0.2, 0) is 16.4 Å². The first-order valence-electron chi connectivity index (χ1n) is 12.3. The fraction of sp³-hybridized carbons (Fsp3) is 0.385. The van der Waals surface area contributed by atoms with E-state index in [1.54, 1.807) is 18.5 Å². The highest BCUT2D eigenvalue weighted by Crippen LogP contribution is 2.27. The minimum atomic E-state index is -3.82. The average molecular weight is 542 g/mol. The lowest BCUT2D eigenvalue weighted by Gasteiger charge is -2.32. The van der Waals surface area contributed by atoms with Crippen molar-refractivity contribution in [2.45, 2.75) is 56.0 Å². The Hall–Kier alpha value is -3.08. The van der Waals surface area contributed by atoms with Crippen molar-refractivity contribution in [3.8, 4) is 0 Å². The van der Waals surface area contributed by atoms with E-state index in [2.05, 4.69) is 49.0 Å². The van der Waals surface area contributed by atoms with Gasteiger partial charge in [0.05, 0.1) is 10.7 Å². The second-order valence-corrected chi connectivity index (χ2v) is 11.4. The predicted molar refractivity (Wildman–Crippen MR) is 148 cm³/mol. The topological polar surface area (TPSA) is 113 Å². The van der Waals surface area contributed by atoms with Gasteiger partial charge in [0.15, 0.2) is 0 Å².